The van der Waals surface area contributed by atoms with Gasteiger partial charge in [-0.05, 0) is 56.3 Å². The lowest BCUT2D eigenvalue weighted by Gasteiger charge is -2.33. The van der Waals surface area contributed by atoms with E-state index in [1.165, 1.54) is 31.2 Å². The zero-order valence-corrected chi connectivity index (χ0v) is 18.7. The van der Waals surface area contributed by atoms with Crippen molar-refractivity contribution in [3.05, 3.63) is 47.9 Å². The van der Waals surface area contributed by atoms with Gasteiger partial charge in [-0.2, -0.15) is 0 Å². The molecule has 0 N–H and O–H groups in total. The van der Waals surface area contributed by atoms with E-state index in [9.17, 15) is 4.79 Å². The van der Waals surface area contributed by atoms with E-state index in [1.54, 1.807) is 6.26 Å². The molecule has 2 fully saturated rings. The number of carbonyl (C=O) groups is 1. The molecule has 4 rings (SSSR count). The molecule has 2 heterocycles. The highest BCUT2D eigenvalue weighted by atomic mass is 16.5. The van der Waals surface area contributed by atoms with Crippen molar-refractivity contribution < 1.29 is 14.1 Å². The Labute approximate surface area is 185 Å². The first-order chi connectivity index (χ1) is 15.2. The topological polar surface area (TPSA) is 58.8 Å². The van der Waals surface area contributed by atoms with Crippen molar-refractivity contribution in [1.29, 1.82) is 0 Å². The number of nitrogens with zero attached hydrogens (tertiary/aromatic N) is 3. The van der Waals surface area contributed by atoms with Crippen LogP contribution in [0.25, 0.3) is 0 Å². The fraction of sp³-hybridized carbons (Fsp3) is 0.600. The fourth-order valence-corrected chi connectivity index (χ4v) is 4.89. The Balaban J connectivity index is 1.20. The average molecular weight is 426 g/mol. The molecule has 0 spiro atoms. The molecular weight excluding hydrogens is 390 g/mol. The number of hydrogen-bond acceptors (Lipinski definition) is 5. The van der Waals surface area contributed by atoms with E-state index in [2.05, 4.69) is 34.1 Å². The molecule has 1 aliphatic carbocycles. The highest BCUT2D eigenvalue weighted by molar-refractivity contribution is 5.76. The Hall–Kier alpha value is -2.34. The number of carbonyl (C=O) groups excluding carboxylic acids is 1. The zero-order valence-electron chi connectivity index (χ0n) is 18.7. The number of hydrogen-bond donors (Lipinski definition) is 0. The molecule has 0 radical (unpaired) electrons. The monoisotopic (exact) mass is 425 g/mol. The summed E-state index contributed by atoms with van der Waals surface area (Å²) >= 11 is 0. The summed E-state index contributed by atoms with van der Waals surface area (Å²) in [6.07, 6.45) is 9.64. The van der Waals surface area contributed by atoms with Crippen LogP contribution in [0, 0.1) is 11.8 Å². The number of aromatic nitrogens is 1. The summed E-state index contributed by atoms with van der Waals surface area (Å²) in [5, 5.41) is 3.96. The summed E-state index contributed by atoms with van der Waals surface area (Å²) in [6, 6.07) is 10.2. The van der Waals surface area contributed by atoms with Gasteiger partial charge in [0.05, 0.1) is 12.3 Å². The maximum absolute atomic E-state index is 12.7. The average Bonchev–Trinajstić information content (AvgIpc) is 3.48. The second-order valence-corrected chi connectivity index (χ2v) is 9.32. The van der Waals surface area contributed by atoms with E-state index >= 15 is 0 Å². The summed E-state index contributed by atoms with van der Waals surface area (Å²) in [4.78, 5) is 17.0. The van der Waals surface area contributed by atoms with Gasteiger partial charge in [-0.1, -0.05) is 30.1 Å². The van der Waals surface area contributed by atoms with E-state index < -0.39 is 0 Å². The molecule has 2 aliphatic rings. The summed E-state index contributed by atoms with van der Waals surface area (Å²) in [7, 11) is 2.07. The molecule has 1 unspecified atom stereocenters. The van der Waals surface area contributed by atoms with Crippen LogP contribution < -0.4 is 4.74 Å². The maximum Gasteiger partial charge on any atom is 0.222 e. The van der Waals surface area contributed by atoms with Crippen molar-refractivity contribution in [2.45, 2.75) is 58.0 Å². The van der Waals surface area contributed by atoms with Crippen molar-refractivity contribution in [2.24, 2.45) is 11.8 Å². The molecular formula is C25H35N3O3. The standard InChI is InChI=1S/C25H35N3O3/c1-27(18-23-12-14-31-26-23)16-21-8-10-24(11-9-21)30-19-22-7-4-13-28(17-22)25(29)15-20-5-2-3-6-20/h8-12,14,20,22H,2-7,13,15-19H2,1H3. The number of ether oxygens (including phenoxy) is 1. The van der Waals surface area contributed by atoms with Crippen LogP contribution in [0.15, 0.2) is 41.1 Å². The molecule has 1 aromatic carbocycles. The van der Waals surface area contributed by atoms with Gasteiger partial charge >= 0.3 is 0 Å². The van der Waals surface area contributed by atoms with Gasteiger partial charge in [0.1, 0.15) is 12.0 Å². The van der Waals surface area contributed by atoms with Crippen LogP contribution in [0.3, 0.4) is 0 Å². The predicted molar refractivity (Wildman–Crippen MR) is 119 cm³/mol. The highest BCUT2D eigenvalue weighted by Crippen LogP contribution is 2.29. The highest BCUT2D eigenvalue weighted by Gasteiger charge is 2.27. The quantitative estimate of drug-likeness (QED) is 0.592. The van der Waals surface area contributed by atoms with E-state index in [4.69, 9.17) is 9.26 Å². The van der Waals surface area contributed by atoms with Crippen LogP contribution in [-0.4, -0.2) is 47.6 Å². The van der Waals surface area contributed by atoms with Gasteiger partial charge in [0.25, 0.3) is 0 Å². The van der Waals surface area contributed by atoms with E-state index in [1.807, 2.05) is 18.2 Å². The molecule has 1 aromatic heterocycles. The van der Waals surface area contributed by atoms with Crippen LogP contribution >= 0.6 is 0 Å². The van der Waals surface area contributed by atoms with Crippen LogP contribution in [0.4, 0.5) is 0 Å². The summed E-state index contributed by atoms with van der Waals surface area (Å²) in [6.45, 7) is 4.04. The van der Waals surface area contributed by atoms with Crippen LogP contribution in [0.5, 0.6) is 5.75 Å². The van der Waals surface area contributed by atoms with Crippen molar-refractivity contribution in [2.75, 3.05) is 26.7 Å². The molecule has 1 amide bonds. The minimum Gasteiger partial charge on any atom is -0.493 e. The first kappa shape index (κ1) is 21.9. The van der Waals surface area contributed by atoms with Crippen molar-refractivity contribution in [3.63, 3.8) is 0 Å². The van der Waals surface area contributed by atoms with E-state index in [0.29, 0.717) is 24.3 Å². The van der Waals surface area contributed by atoms with Crippen molar-refractivity contribution in [1.82, 2.24) is 15.0 Å². The third kappa shape index (κ3) is 6.57. The first-order valence-electron chi connectivity index (χ1n) is 11.7. The van der Waals surface area contributed by atoms with Crippen LogP contribution in [0.2, 0.25) is 0 Å². The molecule has 0 bridgehead atoms. The molecule has 1 saturated carbocycles. The van der Waals surface area contributed by atoms with E-state index in [0.717, 1.165) is 56.9 Å². The minimum atomic E-state index is 0.357. The molecule has 2 aromatic rings. The summed E-state index contributed by atoms with van der Waals surface area (Å²) in [5.74, 6) is 2.31. The van der Waals surface area contributed by atoms with Crippen LogP contribution in [-0.2, 0) is 17.9 Å². The van der Waals surface area contributed by atoms with Crippen LogP contribution in [0.1, 0.15) is 56.2 Å². The Morgan fingerprint density at radius 2 is 1.87 bits per heavy atom. The number of likely N-dealkylation sites (tertiary alicyclic amines) is 1. The third-order valence-corrected chi connectivity index (χ3v) is 6.59. The second kappa shape index (κ2) is 10.8. The lowest BCUT2D eigenvalue weighted by atomic mass is 9.97. The second-order valence-electron chi connectivity index (χ2n) is 9.32. The number of rotatable bonds is 9. The largest absolute Gasteiger partial charge is 0.493 e. The molecule has 6 heteroatoms. The lowest BCUT2D eigenvalue weighted by molar-refractivity contribution is -0.134. The molecule has 168 valence electrons. The SMILES string of the molecule is CN(Cc1ccc(OCC2CCCN(C(=O)CC3CCCC3)C2)cc1)Cc1ccon1. The number of piperidine rings is 1. The Morgan fingerprint density at radius 1 is 1.10 bits per heavy atom. The first-order valence-corrected chi connectivity index (χ1v) is 11.7. The van der Waals surface area contributed by atoms with Crippen molar-refractivity contribution in [3.8, 4) is 5.75 Å². The Bertz CT molecular complexity index is 800. The summed E-state index contributed by atoms with van der Waals surface area (Å²) in [5.41, 5.74) is 2.17. The summed E-state index contributed by atoms with van der Waals surface area (Å²) < 4.78 is 11.0. The van der Waals surface area contributed by atoms with Gasteiger partial charge < -0.3 is 14.2 Å². The third-order valence-electron chi connectivity index (χ3n) is 6.59. The van der Waals surface area contributed by atoms with Gasteiger partial charge in [-0.3, -0.25) is 9.69 Å². The number of amides is 1. The fourth-order valence-electron chi connectivity index (χ4n) is 4.89. The molecule has 31 heavy (non-hydrogen) atoms. The predicted octanol–water partition coefficient (Wildman–Crippen LogP) is 4.50. The smallest absolute Gasteiger partial charge is 0.222 e. The lowest BCUT2D eigenvalue weighted by Crippen LogP contribution is -2.42. The molecule has 6 nitrogen and oxygen atoms in total. The number of benzene rings is 1. The van der Waals surface area contributed by atoms with Gasteiger partial charge in [0, 0.05) is 44.6 Å². The molecule has 1 atom stereocenters. The van der Waals surface area contributed by atoms with E-state index in [-0.39, 0.29) is 0 Å². The zero-order chi connectivity index (χ0) is 21.5. The molecule has 1 aliphatic heterocycles. The normalized spacial score (nSPS) is 19.8. The Kier molecular flexibility index (Phi) is 7.62. The van der Waals surface area contributed by atoms with Gasteiger partial charge in [0.2, 0.25) is 5.91 Å². The van der Waals surface area contributed by atoms with Gasteiger partial charge in [0.15, 0.2) is 0 Å². The minimum absolute atomic E-state index is 0.357. The Morgan fingerprint density at radius 3 is 2.61 bits per heavy atom. The molecule has 1 saturated heterocycles. The van der Waals surface area contributed by atoms with Gasteiger partial charge in [-0.25, -0.2) is 0 Å². The van der Waals surface area contributed by atoms with Crippen molar-refractivity contribution >= 4 is 5.91 Å². The maximum atomic E-state index is 12.7. The van der Waals surface area contributed by atoms with Gasteiger partial charge in [-0.15, -0.1) is 0 Å².